The molecule has 0 spiro atoms. The molecule has 0 aromatic carbocycles. The minimum Gasteiger partial charge on any atom is -0.301 e. The summed E-state index contributed by atoms with van der Waals surface area (Å²) in [4.78, 5) is 4.85. The maximum absolute atomic E-state index is 5.12. The zero-order valence-corrected chi connectivity index (χ0v) is 5.55. The first-order valence-electron chi connectivity index (χ1n) is 3.75. The molecule has 2 saturated carbocycles. The van der Waals surface area contributed by atoms with Gasteiger partial charge in [0.1, 0.15) is 0 Å². The van der Waals surface area contributed by atoms with E-state index in [0.717, 1.165) is 11.8 Å². The second kappa shape index (κ2) is 1.96. The minimum atomic E-state index is 0.406. The molecule has 2 fully saturated rings. The molecule has 2 heteroatoms. The largest absolute Gasteiger partial charge is 0.301 e. The van der Waals surface area contributed by atoms with Crippen LogP contribution in [0, 0.1) is 11.8 Å². The average molecular weight is 127 g/mol. The van der Waals surface area contributed by atoms with Crippen molar-refractivity contribution in [2.45, 2.75) is 31.8 Å². The van der Waals surface area contributed by atoms with Crippen molar-refractivity contribution < 1.29 is 4.84 Å². The van der Waals surface area contributed by atoms with Gasteiger partial charge in [-0.3, -0.25) is 0 Å². The summed E-state index contributed by atoms with van der Waals surface area (Å²) in [5, 5.41) is 0. The third kappa shape index (κ3) is 0.775. The van der Waals surface area contributed by atoms with Gasteiger partial charge in [-0.05, 0) is 37.5 Å². The normalized spacial score (nSPS) is 48.3. The maximum Gasteiger partial charge on any atom is 0.0818 e. The lowest BCUT2D eigenvalue weighted by Gasteiger charge is -2.18. The van der Waals surface area contributed by atoms with Crippen LogP contribution in [0.4, 0.5) is 0 Å². The zero-order valence-electron chi connectivity index (χ0n) is 5.55. The van der Waals surface area contributed by atoms with Crippen molar-refractivity contribution >= 4 is 0 Å². The highest BCUT2D eigenvalue weighted by Gasteiger charge is 2.39. The second-order valence-electron chi connectivity index (χ2n) is 3.35. The van der Waals surface area contributed by atoms with E-state index < -0.39 is 0 Å². The zero-order chi connectivity index (χ0) is 6.27. The van der Waals surface area contributed by atoms with Crippen molar-refractivity contribution in [2.75, 3.05) is 0 Å². The molecule has 9 heavy (non-hydrogen) atoms. The molecule has 2 aliphatic rings. The molecule has 0 heterocycles. The van der Waals surface area contributed by atoms with Crippen LogP contribution in [-0.2, 0) is 4.84 Å². The molecule has 2 bridgehead atoms. The van der Waals surface area contributed by atoms with Gasteiger partial charge in [0.25, 0.3) is 0 Å². The first kappa shape index (κ1) is 5.69. The summed E-state index contributed by atoms with van der Waals surface area (Å²) < 4.78 is 0. The molecule has 0 aromatic rings. The fourth-order valence-corrected chi connectivity index (χ4v) is 2.35. The summed E-state index contributed by atoms with van der Waals surface area (Å²) in [6.45, 7) is 0. The Kier molecular flexibility index (Phi) is 1.24. The van der Waals surface area contributed by atoms with Crippen LogP contribution in [0.3, 0.4) is 0 Å². The van der Waals surface area contributed by atoms with Crippen LogP contribution in [0.1, 0.15) is 25.7 Å². The SMILES string of the molecule is NOC1CC2CCC1C2. The summed E-state index contributed by atoms with van der Waals surface area (Å²) >= 11 is 0. The molecule has 3 atom stereocenters. The van der Waals surface area contributed by atoms with Gasteiger partial charge in [-0.1, -0.05) is 0 Å². The lowest BCUT2D eigenvalue weighted by Crippen LogP contribution is -2.23. The van der Waals surface area contributed by atoms with Gasteiger partial charge in [-0.25, -0.2) is 5.90 Å². The smallest absolute Gasteiger partial charge is 0.0818 e. The maximum atomic E-state index is 5.12. The summed E-state index contributed by atoms with van der Waals surface area (Å²) in [7, 11) is 0. The van der Waals surface area contributed by atoms with E-state index in [9.17, 15) is 0 Å². The molecule has 2 nitrogen and oxygen atoms in total. The summed E-state index contributed by atoms with van der Waals surface area (Å²) in [5.41, 5.74) is 0. The van der Waals surface area contributed by atoms with Crippen LogP contribution >= 0.6 is 0 Å². The van der Waals surface area contributed by atoms with Crippen molar-refractivity contribution in [3.05, 3.63) is 0 Å². The molecule has 0 radical (unpaired) electrons. The predicted octanol–water partition coefficient (Wildman–Crippen LogP) is 1.07. The van der Waals surface area contributed by atoms with E-state index in [4.69, 9.17) is 10.7 Å². The minimum absolute atomic E-state index is 0.406. The van der Waals surface area contributed by atoms with Gasteiger partial charge in [-0.15, -0.1) is 0 Å². The van der Waals surface area contributed by atoms with Crippen LogP contribution in [0.15, 0.2) is 0 Å². The van der Waals surface area contributed by atoms with Crippen LogP contribution in [-0.4, -0.2) is 6.10 Å². The van der Waals surface area contributed by atoms with Gasteiger partial charge < -0.3 is 4.84 Å². The van der Waals surface area contributed by atoms with Crippen molar-refractivity contribution in [3.63, 3.8) is 0 Å². The Bertz CT molecular complexity index is 115. The fraction of sp³-hybridized carbons (Fsp3) is 1.00. The number of nitrogens with two attached hydrogens (primary N) is 1. The number of hydrogen-bond acceptors (Lipinski definition) is 2. The van der Waals surface area contributed by atoms with Crippen LogP contribution in [0.2, 0.25) is 0 Å². The van der Waals surface area contributed by atoms with Crippen LogP contribution < -0.4 is 5.90 Å². The third-order valence-corrected chi connectivity index (χ3v) is 2.85. The van der Waals surface area contributed by atoms with Crippen LogP contribution in [0.5, 0.6) is 0 Å². The van der Waals surface area contributed by atoms with E-state index in [0.29, 0.717) is 6.10 Å². The molecule has 0 saturated heterocycles. The Labute approximate surface area is 55.3 Å². The van der Waals surface area contributed by atoms with E-state index in [1.165, 1.54) is 25.7 Å². The average Bonchev–Trinajstić information content (AvgIpc) is 2.45. The van der Waals surface area contributed by atoms with Crippen molar-refractivity contribution in [2.24, 2.45) is 17.7 Å². The lowest BCUT2D eigenvalue weighted by atomic mass is 9.98. The van der Waals surface area contributed by atoms with E-state index in [1.54, 1.807) is 0 Å². The Morgan fingerprint density at radius 2 is 2.11 bits per heavy atom. The molecule has 2 aliphatic carbocycles. The Hall–Kier alpha value is -0.0800. The highest BCUT2D eigenvalue weighted by molar-refractivity contribution is 4.90. The quantitative estimate of drug-likeness (QED) is 0.535. The first-order chi connectivity index (χ1) is 4.40. The fourth-order valence-electron chi connectivity index (χ4n) is 2.35. The van der Waals surface area contributed by atoms with Gasteiger partial charge in [-0.2, -0.15) is 0 Å². The van der Waals surface area contributed by atoms with E-state index in [1.807, 2.05) is 0 Å². The number of rotatable bonds is 1. The van der Waals surface area contributed by atoms with Gasteiger partial charge >= 0.3 is 0 Å². The monoisotopic (exact) mass is 127 g/mol. The Balaban J connectivity index is 2.01. The van der Waals surface area contributed by atoms with Gasteiger partial charge in [0.05, 0.1) is 6.10 Å². The molecule has 0 aromatic heterocycles. The lowest BCUT2D eigenvalue weighted by molar-refractivity contribution is 0.0157. The standard InChI is InChI=1S/C7H13NO/c8-9-7-4-5-1-2-6(7)3-5/h5-7H,1-4,8H2. The summed E-state index contributed by atoms with van der Waals surface area (Å²) in [6.07, 6.45) is 5.78. The highest BCUT2D eigenvalue weighted by atomic mass is 16.6. The van der Waals surface area contributed by atoms with E-state index >= 15 is 0 Å². The van der Waals surface area contributed by atoms with Gasteiger partial charge in [0, 0.05) is 0 Å². The van der Waals surface area contributed by atoms with E-state index in [2.05, 4.69) is 0 Å². The molecule has 52 valence electrons. The Morgan fingerprint density at radius 1 is 1.22 bits per heavy atom. The number of hydrogen-bond donors (Lipinski definition) is 1. The van der Waals surface area contributed by atoms with Gasteiger partial charge in [0.2, 0.25) is 0 Å². The Morgan fingerprint density at radius 3 is 2.44 bits per heavy atom. The molecule has 0 aliphatic heterocycles. The van der Waals surface area contributed by atoms with Crippen molar-refractivity contribution in [1.29, 1.82) is 0 Å². The van der Waals surface area contributed by atoms with Crippen LogP contribution in [0.25, 0.3) is 0 Å². The molecule has 2 rings (SSSR count). The molecule has 2 N–H and O–H groups in total. The van der Waals surface area contributed by atoms with Crippen molar-refractivity contribution in [3.8, 4) is 0 Å². The number of fused-ring (bicyclic) bond motifs is 2. The first-order valence-corrected chi connectivity index (χ1v) is 3.75. The summed E-state index contributed by atoms with van der Waals surface area (Å²) in [5.74, 6) is 6.87. The topological polar surface area (TPSA) is 35.2 Å². The van der Waals surface area contributed by atoms with Crippen molar-refractivity contribution in [1.82, 2.24) is 0 Å². The van der Waals surface area contributed by atoms with E-state index in [-0.39, 0.29) is 0 Å². The molecular weight excluding hydrogens is 114 g/mol. The highest BCUT2D eigenvalue weighted by Crippen LogP contribution is 2.45. The summed E-state index contributed by atoms with van der Waals surface area (Å²) in [6, 6.07) is 0. The third-order valence-electron chi connectivity index (χ3n) is 2.85. The molecule has 3 unspecified atom stereocenters. The van der Waals surface area contributed by atoms with Gasteiger partial charge in [0.15, 0.2) is 0 Å². The molecule has 0 amide bonds. The molecular formula is C7H13NO. The predicted molar refractivity (Wildman–Crippen MR) is 34.5 cm³/mol. The second-order valence-corrected chi connectivity index (χ2v) is 3.35.